The third kappa shape index (κ3) is 10.5. The van der Waals surface area contributed by atoms with Gasteiger partial charge in [-0.05, 0) is 24.3 Å². The van der Waals surface area contributed by atoms with E-state index >= 15 is 0 Å². The molecule has 1 spiro atoms. The van der Waals surface area contributed by atoms with Gasteiger partial charge in [-0.3, -0.25) is 19.2 Å². The number of hydrogen-bond donors (Lipinski definition) is 0. The van der Waals surface area contributed by atoms with Gasteiger partial charge in [-0.25, -0.2) is 0 Å². The number of esters is 4. The molecule has 5 unspecified atom stereocenters. The van der Waals surface area contributed by atoms with E-state index in [0.717, 1.165) is 19.3 Å². The summed E-state index contributed by atoms with van der Waals surface area (Å²) in [7, 11) is 0. The maximum atomic E-state index is 12.3. The zero-order valence-corrected chi connectivity index (χ0v) is 28.1. The Labute approximate surface area is 272 Å². The van der Waals surface area contributed by atoms with Crippen LogP contribution >= 0.6 is 11.8 Å². The van der Waals surface area contributed by atoms with Gasteiger partial charge < -0.3 is 37.9 Å². The lowest BCUT2D eigenvalue weighted by atomic mass is 9.87. The first-order valence-corrected chi connectivity index (χ1v) is 16.5. The van der Waals surface area contributed by atoms with Crippen LogP contribution in [0, 0.1) is 5.92 Å². The molecule has 1 saturated heterocycles. The molecule has 0 radical (unpaired) electrons. The molecule has 0 saturated carbocycles. The van der Waals surface area contributed by atoms with Crippen LogP contribution in [0.2, 0.25) is 0 Å². The Morgan fingerprint density at radius 2 is 1.72 bits per heavy atom. The molecule has 8 atom stereocenters. The van der Waals surface area contributed by atoms with Gasteiger partial charge in [0, 0.05) is 39.2 Å². The Bertz CT molecular complexity index is 1180. The van der Waals surface area contributed by atoms with Crippen molar-refractivity contribution in [2.45, 2.75) is 123 Å². The molecule has 46 heavy (non-hydrogen) atoms. The molecule has 16 heteroatoms. The molecule has 0 N–H and O–H groups in total. The summed E-state index contributed by atoms with van der Waals surface area (Å²) in [6, 6.07) is 0. The third-order valence-electron chi connectivity index (χ3n) is 7.70. The molecule has 3 aliphatic rings. The van der Waals surface area contributed by atoms with E-state index in [2.05, 4.69) is 10.0 Å². The predicted octanol–water partition coefficient (Wildman–Crippen LogP) is 4.46. The minimum atomic E-state index is -1.37. The van der Waals surface area contributed by atoms with Crippen molar-refractivity contribution < 1.29 is 57.1 Å². The zero-order valence-electron chi connectivity index (χ0n) is 27.3. The lowest BCUT2D eigenvalue weighted by molar-refractivity contribution is -0.316. The van der Waals surface area contributed by atoms with E-state index in [0.29, 0.717) is 30.9 Å². The quantitative estimate of drug-likeness (QED) is 0.0592. The third-order valence-corrected chi connectivity index (χ3v) is 8.99. The highest BCUT2D eigenvalue weighted by Crippen LogP contribution is 2.49. The number of rotatable bonds is 15. The maximum Gasteiger partial charge on any atom is 0.303 e. The normalized spacial score (nSPS) is 29.4. The second-order valence-electron chi connectivity index (χ2n) is 11.5. The lowest BCUT2D eigenvalue weighted by Gasteiger charge is -2.52. The van der Waals surface area contributed by atoms with Crippen LogP contribution in [-0.2, 0) is 57.1 Å². The molecule has 0 aromatic rings. The van der Waals surface area contributed by atoms with Gasteiger partial charge in [-0.15, -0.1) is 11.8 Å². The summed E-state index contributed by atoms with van der Waals surface area (Å²) in [4.78, 5) is 51.6. The van der Waals surface area contributed by atoms with Gasteiger partial charge in [0.05, 0.1) is 23.7 Å². The Kier molecular flexibility index (Phi) is 14.4. The Hall–Kier alpha value is -3.04. The van der Waals surface area contributed by atoms with Crippen molar-refractivity contribution in [1.82, 2.24) is 0 Å². The zero-order chi connectivity index (χ0) is 33.9. The summed E-state index contributed by atoms with van der Waals surface area (Å²) in [5.74, 6) is -3.29. The lowest BCUT2D eigenvalue weighted by Crippen LogP contribution is -2.62. The van der Waals surface area contributed by atoms with Crippen molar-refractivity contribution in [1.29, 1.82) is 0 Å². The summed E-state index contributed by atoms with van der Waals surface area (Å²) in [6.07, 6.45) is -1.58. The first kappa shape index (κ1) is 37.4. The summed E-state index contributed by atoms with van der Waals surface area (Å²) in [5.41, 5.74) is 8.43. The number of thioether (sulfide) groups is 1. The molecule has 3 aliphatic heterocycles. The second kappa shape index (κ2) is 17.8. The van der Waals surface area contributed by atoms with Gasteiger partial charge in [-0.1, -0.05) is 38.2 Å². The first-order valence-electron chi connectivity index (χ1n) is 15.6. The molecule has 0 aromatic heterocycles. The minimum Gasteiger partial charge on any atom is -0.463 e. The van der Waals surface area contributed by atoms with Crippen LogP contribution in [0.15, 0.2) is 15.8 Å². The number of nitrogens with zero attached hydrogens (tertiary/aromatic N) is 3. The predicted molar refractivity (Wildman–Crippen MR) is 163 cm³/mol. The average Bonchev–Trinajstić information content (AvgIpc) is 2.98. The molecule has 1 fully saturated rings. The summed E-state index contributed by atoms with van der Waals surface area (Å²) in [6.45, 7) is 9.49. The second-order valence-corrected chi connectivity index (χ2v) is 12.5. The number of hydrogen-bond acceptors (Lipinski definition) is 14. The SMILES string of the molecule is CC[C@@H](C)[C@H]1O[C@@]2(CSC3=C(O2)C(OC(C)=O)C(COC(C)=O)OC3OCCCCCCN=[N+]=[N-])CC(OC(C)=O)C1OC(C)=O. The van der Waals surface area contributed by atoms with Crippen molar-refractivity contribution in [3.63, 3.8) is 0 Å². The van der Waals surface area contributed by atoms with Crippen LogP contribution in [0.25, 0.3) is 10.4 Å². The molecule has 0 aromatic carbocycles. The summed E-state index contributed by atoms with van der Waals surface area (Å²) < 4.78 is 47.9. The van der Waals surface area contributed by atoms with Crippen LogP contribution in [0.4, 0.5) is 0 Å². The van der Waals surface area contributed by atoms with Gasteiger partial charge in [0.1, 0.15) is 24.9 Å². The van der Waals surface area contributed by atoms with Crippen LogP contribution in [0.3, 0.4) is 0 Å². The van der Waals surface area contributed by atoms with Gasteiger partial charge in [0.15, 0.2) is 24.3 Å². The Morgan fingerprint density at radius 3 is 2.35 bits per heavy atom. The highest BCUT2D eigenvalue weighted by Gasteiger charge is 2.57. The maximum absolute atomic E-state index is 12.3. The van der Waals surface area contributed by atoms with Crippen LogP contribution in [-0.4, -0.2) is 92.0 Å². The highest BCUT2D eigenvalue weighted by molar-refractivity contribution is 8.03. The summed E-state index contributed by atoms with van der Waals surface area (Å²) >= 11 is 1.34. The van der Waals surface area contributed by atoms with E-state index in [1.807, 2.05) is 13.8 Å². The minimum absolute atomic E-state index is 0.0187. The van der Waals surface area contributed by atoms with Crippen LogP contribution in [0.5, 0.6) is 0 Å². The fourth-order valence-electron chi connectivity index (χ4n) is 5.49. The smallest absolute Gasteiger partial charge is 0.303 e. The van der Waals surface area contributed by atoms with Gasteiger partial charge in [-0.2, -0.15) is 0 Å². The monoisotopic (exact) mass is 671 g/mol. The number of carbonyl (C=O) groups is 4. The van der Waals surface area contributed by atoms with E-state index in [9.17, 15) is 19.2 Å². The molecule has 0 amide bonds. The molecule has 258 valence electrons. The molecular formula is C30H45N3O12S. The fraction of sp³-hybridized carbons (Fsp3) is 0.800. The number of carbonyl (C=O) groups excluding carboxylic acids is 4. The molecule has 3 rings (SSSR count). The first-order chi connectivity index (χ1) is 21.9. The summed E-state index contributed by atoms with van der Waals surface area (Å²) in [5, 5.41) is 3.54. The Morgan fingerprint density at radius 1 is 1.02 bits per heavy atom. The Balaban J connectivity index is 1.94. The molecular weight excluding hydrogens is 626 g/mol. The van der Waals surface area contributed by atoms with Crippen molar-refractivity contribution in [2.75, 3.05) is 25.5 Å². The van der Waals surface area contributed by atoms with Crippen molar-refractivity contribution >= 4 is 35.6 Å². The number of azide groups is 1. The highest BCUT2D eigenvalue weighted by atomic mass is 32.2. The van der Waals surface area contributed by atoms with Crippen LogP contribution < -0.4 is 0 Å². The van der Waals surface area contributed by atoms with E-state index in [4.69, 9.17) is 43.4 Å². The van der Waals surface area contributed by atoms with Crippen molar-refractivity contribution in [2.24, 2.45) is 11.0 Å². The van der Waals surface area contributed by atoms with Gasteiger partial charge in [0.2, 0.25) is 5.79 Å². The van der Waals surface area contributed by atoms with E-state index in [1.54, 1.807) is 0 Å². The molecule has 3 heterocycles. The van der Waals surface area contributed by atoms with E-state index in [1.165, 1.54) is 39.5 Å². The van der Waals surface area contributed by atoms with Gasteiger partial charge in [0.25, 0.3) is 0 Å². The van der Waals surface area contributed by atoms with Crippen molar-refractivity contribution in [3.05, 3.63) is 21.1 Å². The standard InChI is InChI=1S/C30H45N3O12S/c1-7-17(2)24-25(41-20(5)36)22(40-19(4)35)14-30(44-24)16-46-28-27(45-30)26(42-21(6)37)23(15-39-18(3)34)43-29(28)38-13-11-9-8-10-12-32-33-31/h17,22-26,29H,7-16H2,1-6H3/t17-,22?,23?,24-,25?,26?,29?,30+/m1/s1. The fourth-order valence-corrected chi connectivity index (χ4v) is 6.67. The number of unbranched alkanes of at least 4 members (excludes halogenated alkanes) is 3. The molecule has 15 nitrogen and oxygen atoms in total. The van der Waals surface area contributed by atoms with Gasteiger partial charge >= 0.3 is 23.9 Å². The van der Waals surface area contributed by atoms with E-state index < -0.39 is 66.5 Å². The van der Waals surface area contributed by atoms with Crippen molar-refractivity contribution in [3.8, 4) is 0 Å². The van der Waals surface area contributed by atoms with E-state index in [-0.39, 0.29) is 30.5 Å². The molecule has 0 aliphatic carbocycles. The average molecular weight is 672 g/mol. The molecule has 0 bridgehead atoms. The topological polar surface area (TPSA) is 191 Å². The van der Waals surface area contributed by atoms with Crippen LogP contribution in [0.1, 0.15) is 80.1 Å². The number of ether oxygens (including phenoxy) is 8. The largest absolute Gasteiger partial charge is 0.463 e.